The van der Waals surface area contributed by atoms with Crippen molar-refractivity contribution in [3.63, 3.8) is 0 Å². The van der Waals surface area contributed by atoms with Gasteiger partial charge in [-0.1, -0.05) is 36.4 Å². The molecule has 17 nitrogen and oxygen atoms in total. The quantitative estimate of drug-likeness (QED) is 0.0364. The fourth-order valence-electron chi connectivity index (χ4n) is 6.19. The third kappa shape index (κ3) is 11.2. The van der Waals surface area contributed by atoms with Crippen LogP contribution >= 0.6 is 0 Å². The van der Waals surface area contributed by atoms with Crippen molar-refractivity contribution in [2.45, 2.75) is 31.1 Å². The van der Waals surface area contributed by atoms with Gasteiger partial charge in [-0.15, -0.1) is 0 Å². The minimum Gasteiger partial charge on any atom is -0.508 e. The van der Waals surface area contributed by atoms with Crippen LogP contribution in [0.25, 0.3) is 6.08 Å². The molecule has 0 radical (unpaired) electrons. The van der Waals surface area contributed by atoms with Crippen LogP contribution in [0.3, 0.4) is 0 Å². The summed E-state index contributed by atoms with van der Waals surface area (Å²) in [5.74, 6) is -6.86. The molecule has 63 heavy (non-hydrogen) atoms. The lowest BCUT2D eigenvalue weighted by molar-refractivity contribution is -0.119. The molecule has 0 heterocycles. The summed E-state index contributed by atoms with van der Waals surface area (Å²) in [6.45, 7) is 1.68. The molecule has 0 unspecified atom stereocenters. The molecule has 0 bridgehead atoms. The van der Waals surface area contributed by atoms with E-state index in [1.165, 1.54) is 48.5 Å². The molecule has 18 heteroatoms. The topological polar surface area (TPSA) is 279 Å². The SMILES string of the molecule is COc1c(NC(=O)c2ccc(NS(=O)(=O)c3ccc(NC(=O)[C@H](CC#N)CC(=O)c4ccc(CC(=O)/C(C)=C/c5ccc(O)cc5)cc4)cc3)c(OC)c2O)ccc(C(=O)O)c1O. The number of Topliss-reactive ketones (excluding diaryl/α,β-unsaturated/α-hetero) is 2. The third-order valence-corrected chi connectivity index (χ3v) is 10.9. The number of nitrogens with zero attached hydrogens (tertiary/aromatic N) is 1. The summed E-state index contributed by atoms with van der Waals surface area (Å²) in [5.41, 5.74) is 1.08. The van der Waals surface area contributed by atoms with E-state index in [1.54, 1.807) is 37.3 Å². The summed E-state index contributed by atoms with van der Waals surface area (Å²) in [4.78, 5) is 63.4. The maximum Gasteiger partial charge on any atom is 0.339 e. The molecule has 2 amide bonds. The Kier molecular flexibility index (Phi) is 14.5. The smallest absolute Gasteiger partial charge is 0.339 e. The molecule has 0 spiro atoms. The minimum absolute atomic E-state index is 0.0802. The van der Waals surface area contributed by atoms with E-state index in [4.69, 9.17) is 9.47 Å². The minimum atomic E-state index is -4.38. The number of methoxy groups -OCH3 is 2. The van der Waals surface area contributed by atoms with Gasteiger partial charge in [0.1, 0.15) is 11.3 Å². The monoisotopic (exact) mass is 876 g/mol. The highest BCUT2D eigenvalue weighted by Crippen LogP contribution is 2.41. The van der Waals surface area contributed by atoms with Gasteiger partial charge in [-0.3, -0.25) is 23.9 Å². The van der Waals surface area contributed by atoms with Crippen molar-refractivity contribution in [3.8, 4) is 34.8 Å². The number of rotatable bonds is 18. The standard InChI is InChI=1S/C45H40N4O13S/c1-25(22-26-6-12-31(50)13-7-26)37(51)23-27-4-8-28(9-5-27)38(52)24-29(20-21-46)43(55)47-30-10-14-32(15-11-30)63(59,60)49-36-19-16-33(39(53)42(36)62-3)44(56)48-35-18-17-34(45(57)58)40(54)41(35)61-2/h4-19,22,29,49-50,53-54H,20,23-24H2,1-3H3,(H,47,55)(H,48,56)(H,57,58)/b25-22+/t29-/m1/s1. The summed E-state index contributed by atoms with van der Waals surface area (Å²) >= 11 is 0. The van der Waals surface area contributed by atoms with Crippen molar-refractivity contribution in [1.82, 2.24) is 0 Å². The van der Waals surface area contributed by atoms with Crippen LogP contribution in [-0.4, -0.2) is 72.4 Å². The number of allylic oxidation sites excluding steroid dienone is 1. The van der Waals surface area contributed by atoms with Crippen molar-refractivity contribution < 1.29 is 62.3 Å². The number of phenolic OH excluding ortho intramolecular Hbond substituents is 2. The van der Waals surface area contributed by atoms with Gasteiger partial charge in [0, 0.05) is 30.5 Å². The summed E-state index contributed by atoms with van der Waals surface area (Å²) in [5, 5.41) is 54.3. The lowest BCUT2D eigenvalue weighted by atomic mass is 9.94. The first-order valence-corrected chi connectivity index (χ1v) is 20.2. The van der Waals surface area contributed by atoms with Gasteiger partial charge in [0.25, 0.3) is 15.9 Å². The van der Waals surface area contributed by atoms with Gasteiger partial charge in [0.2, 0.25) is 5.91 Å². The van der Waals surface area contributed by atoms with E-state index in [0.29, 0.717) is 11.1 Å². The number of aromatic carboxylic acids is 1. The number of carbonyl (C=O) groups is 5. The molecule has 0 saturated carbocycles. The van der Waals surface area contributed by atoms with E-state index in [0.717, 1.165) is 44.0 Å². The lowest BCUT2D eigenvalue weighted by Crippen LogP contribution is -2.25. The number of carboxylic acids is 1. The number of anilines is 3. The number of nitrogens with one attached hydrogen (secondary N) is 3. The fourth-order valence-corrected chi connectivity index (χ4v) is 7.25. The van der Waals surface area contributed by atoms with Crippen molar-refractivity contribution in [2.75, 3.05) is 29.6 Å². The van der Waals surface area contributed by atoms with Gasteiger partial charge in [-0.2, -0.15) is 5.26 Å². The molecule has 0 saturated heterocycles. The van der Waals surface area contributed by atoms with Gasteiger partial charge in [0.05, 0.1) is 48.0 Å². The molecular weight excluding hydrogens is 837 g/mol. The number of ether oxygens (including phenoxy) is 2. The van der Waals surface area contributed by atoms with Crippen molar-refractivity contribution in [1.29, 1.82) is 5.26 Å². The molecule has 0 aliphatic heterocycles. The molecule has 7 N–H and O–H groups in total. The van der Waals surface area contributed by atoms with Crippen LogP contribution in [0.4, 0.5) is 17.1 Å². The van der Waals surface area contributed by atoms with Gasteiger partial charge in [-0.25, -0.2) is 13.2 Å². The van der Waals surface area contributed by atoms with Crippen LogP contribution in [0.15, 0.2) is 108 Å². The summed E-state index contributed by atoms with van der Waals surface area (Å²) in [6.07, 6.45) is 1.18. The van der Waals surface area contributed by atoms with Crippen molar-refractivity contribution >= 4 is 62.5 Å². The van der Waals surface area contributed by atoms with Crippen LogP contribution in [-0.2, 0) is 26.0 Å². The largest absolute Gasteiger partial charge is 0.508 e. The van der Waals surface area contributed by atoms with Crippen molar-refractivity contribution in [2.24, 2.45) is 5.92 Å². The van der Waals surface area contributed by atoms with Crippen LogP contribution < -0.4 is 24.8 Å². The molecule has 5 aromatic carbocycles. The Bertz CT molecular complexity index is 2760. The van der Waals surface area contributed by atoms with E-state index in [9.17, 15) is 58.1 Å². The lowest BCUT2D eigenvalue weighted by Gasteiger charge is -2.17. The summed E-state index contributed by atoms with van der Waals surface area (Å²) < 4.78 is 39.3. The number of hydrogen-bond donors (Lipinski definition) is 7. The average molecular weight is 877 g/mol. The second kappa shape index (κ2) is 19.9. The molecular formula is C45H40N4O13S. The van der Waals surface area contributed by atoms with Gasteiger partial charge in [-0.05, 0) is 90.4 Å². The maximum absolute atomic E-state index is 13.4. The fraction of sp³-hybridized carbons (Fsp3) is 0.156. The number of aromatic hydroxyl groups is 3. The Balaban J connectivity index is 1.21. The predicted molar refractivity (Wildman–Crippen MR) is 230 cm³/mol. The highest BCUT2D eigenvalue weighted by atomic mass is 32.2. The van der Waals surface area contributed by atoms with Crippen LogP contribution in [0.1, 0.15) is 62.0 Å². The number of ketones is 2. The number of amides is 2. The third-order valence-electron chi connectivity index (χ3n) is 9.57. The summed E-state index contributed by atoms with van der Waals surface area (Å²) in [7, 11) is -2.12. The number of sulfonamides is 1. The zero-order valence-electron chi connectivity index (χ0n) is 33.8. The van der Waals surface area contributed by atoms with Gasteiger partial charge in [0.15, 0.2) is 34.6 Å². The molecule has 0 aliphatic rings. The highest BCUT2D eigenvalue weighted by Gasteiger charge is 2.26. The molecule has 5 aromatic rings. The molecule has 324 valence electrons. The Hall–Kier alpha value is -8.17. The number of carboxylic acid groups (broad SMARTS) is 1. The molecule has 0 aliphatic carbocycles. The van der Waals surface area contributed by atoms with Gasteiger partial charge >= 0.3 is 5.97 Å². The van der Waals surface area contributed by atoms with Crippen molar-refractivity contribution in [3.05, 3.63) is 130 Å². The first-order valence-electron chi connectivity index (χ1n) is 18.7. The van der Waals surface area contributed by atoms with Crippen LogP contribution in [0, 0.1) is 17.2 Å². The number of carbonyl (C=O) groups excluding carboxylic acids is 4. The molecule has 0 aromatic heterocycles. The Morgan fingerprint density at radius 1 is 0.762 bits per heavy atom. The number of hydrogen-bond acceptors (Lipinski definition) is 13. The molecule has 0 fully saturated rings. The van der Waals surface area contributed by atoms with E-state index >= 15 is 0 Å². The van der Waals surface area contributed by atoms with E-state index in [-0.39, 0.29) is 69.6 Å². The normalized spacial score (nSPS) is 11.7. The Labute approximate surface area is 360 Å². The Morgan fingerprint density at radius 3 is 1.95 bits per heavy atom. The Morgan fingerprint density at radius 2 is 1.35 bits per heavy atom. The van der Waals surface area contributed by atoms with Crippen LogP contribution in [0.2, 0.25) is 0 Å². The second-order valence-electron chi connectivity index (χ2n) is 13.9. The van der Waals surface area contributed by atoms with E-state index < -0.39 is 62.3 Å². The maximum atomic E-state index is 13.4. The first-order chi connectivity index (χ1) is 30.0. The number of benzene rings is 5. The summed E-state index contributed by atoms with van der Waals surface area (Å²) in [6, 6.07) is 24.0. The number of phenols is 3. The molecule has 5 rings (SSSR count). The second-order valence-corrected chi connectivity index (χ2v) is 15.5. The molecule has 1 atom stereocenters. The number of nitriles is 1. The average Bonchev–Trinajstić information content (AvgIpc) is 3.24. The van der Waals surface area contributed by atoms with Crippen LogP contribution in [0.5, 0.6) is 28.7 Å². The highest BCUT2D eigenvalue weighted by molar-refractivity contribution is 7.92. The van der Waals surface area contributed by atoms with E-state index in [2.05, 4.69) is 15.4 Å². The van der Waals surface area contributed by atoms with Gasteiger partial charge < -0.3 is 40.5 Å². The zero-order valence-corrected chi connectivity index (χ0v) is 34.6. The predicted octanol–water partition coefficient (Wildman–Crippen LogP) is 6.53. The first kappa shape index (κ1) is 45.9. The zero-order chi connectivity index (χ0) is 46.0. The van der Waals surface area contributed by atoms with E-state index in [1.807, 2.05) is 6.07 Å².